The topological polar surface area (TPSA) is 60.7 Å². The van der Waals surface area contributed by atoms with E-state index in [0.29, 0.717) is 12.3 Å². The maximum atomic E-state index is 10.9. The lowest BCUT2D eigenvalue weighted by Gasteiger charge is -2.07. The molecule has 0 atom stereocenters. The summed E-state index contributed by atoms with van der Waals surface area (Å²) in [5, 5.41) is 3.24. The molecule has 1 aromatic carbocycles. The van der Waals surface area contributed by atoms with Crippen LogP contribution in [0.3, 0.4) is 0 Å². The molecule has 0 unspecified atom stereocenters. The van der Waals surface area contributed by atoms with E-state index in [0.717, 1.165) is 11.3 Å². The number of methoxy groups -OCH3 is 1. The Morgan fingerprint density at radius 1 is 1.26 bits per heavy atom. The molecule has 100 valence electrons. The Hall–Kier alpha value is -2.43. The highest BCUT2D eigenvalue weighted by molar-refractivity contribution is 5.70. The first kappa shape index (κ1) is 13.0. The van der Waals surface area contributed by atoms with Crippen LogP contribution >= 0.6 is 0 Å². The third kappa shape index (κ3) is 4.06. The van der Waals surface area contributed by atoms with Crippen LogP contribution in [0, 0.1) is 0 Å². The van der Waals surface area contributed by atoms with E-state index in [9.17, 15) is 4.79 Å². The fourth-order valence-corrected chi connectivity index (χ4v) is 1.47. The largest absolute Gasteiger partial charge is 0.482 e. The summed E-state index contributed by atoms with van der Waals surface area (Å²) in [6.45, 7) is 0.608. The van der Waals surface area contributed by atoms with E-state index in [1.54, 1.807) is 24.7 Å². The van der Waals surface area contributed by atoms with Gasteiger partial charge in [0.2, 0.25) is 0 Å². The van der Waals surface area contributed by atoms with Gasteiger partial charge in [-0.05, 0) is 30.3 Å². The molecule has 1 heterocycles. The Morgan fingerprint density at radius 2 is 2.05 bits per heavy atom. The van der Waals surface area contributed by atoms with Crippen LogP contribution < -0.4 is 10.1 Å². The van der Waals surface area contributed by atoms with Gasteiger partial charge in [0.15, 0.2) is 6.61 Å². The van der Waals surface area contributed by atoms with Crippen molar-refractivity contribution in [2.45, 2.75) is 6.54 Å². The van der Waals surface area contributed by atoms with Crippen LogP contribution in [0.2, 0.25) is 0 Å². The minimum absolute atomic E-state index is 0.0850. The van der Waals surface area contributed by atoms with Gasteiger partial charge in [-0.1, -0.05) is 0 Å². The zero-order valence-corrected chi connectivity index (χ0v) is 10.6. The summed E-state index contributed by atoms with van der Waals surface area (Å²) in [7, 11) is 1.33. The average Bonchev–Trinajstić information content (AvgIpc) is 2.97. The number of hydrogen-bond acceptors (Lipinski definition) is 5. The maximum Gasteiger partial charge on any atom is 0.343 e. The van der Waals surface area contributed by atoms with E-state index < -0.39 is 5.97 Å². The molecule has 0 radical (unpaired) electrons. The van der Waals surface area contributed by atoms with E-state index in [4.69, 9.17) is 9.15 Å². The molecule has 0 saturated heterocycles. The van der Waals surface area contributed by atoms with Crippen LogP contribution in [-0.4, -0.2) is 19.7 Å². The first-order valence-corrected chi connectivity index (χ1v) is 5.82. The molecule has 0 amide bonds. The highest BCUT2D eigenvalue weighted by Gasteiger charge is 2.01. The Labute approximate surface area is 111 Å². The summed E-state index contributed by atoms with van der Waals surface area (Å²) in [5.41, 5.74) is 2.04. The molecule has 5 heteroatoms. The monoisotopic (exact) mass is 261 g/mol. The second-order valence-corrected chi connectivity index (χ2v) is 3.87. The third-order valence-electron chi connectivity index (χ3n) is 2.52. The third-order valence-corrected chi connectivity index (χ3v) is 2.52. The number of esters is 1. The van der Waals surface area contributed by atoms with Gasteiger partial charge in [-0.15, -0.1) is 0 Å². The zero-order valence-electron chi connectivity index (χ0n) is 10.6. The number of carbonyl (C=O) groups excluding carboxylic acids is 1. The molecule has 1 N–H and O–H groups in total. The number of carbonyl (C=O) groups is 1. The molecule has 0 aliphatic heterocycles. The van der Waals surface area contributed by atoms with Gasteiger partial charge < -0.3 is 19.2 Å². The molecule has 1 aromatic heterocycles. The predicted molar refractivity (Wildman–Crippen MR) is 70.0 cm³/mol. The second kappa shape index (κ2) is 6.49. The Balaban J connectivity index is 1.82. The molecule has 2 rings (SSSR count). The van der Waals surface area contributed by atoms with Crippen molar-refractivity contribution in [2.75, 3.05) is 19.0 Å². The SMILES string of the molecule is COC(=O)COc1ccc(NCc2ccoc2)cc1. The summed E-state index contributed by atoms with van der Waals surface area (Å²) in [5.74, 6) is 0.224. The molecule has 5 nitrogen and oxygen atoms in total. The van der Waals surface area contributed by atoms with Crippen LogP contribution in [0.4, 0.5) is 5.69 Å². The molecule has 0 bridgehead atoms. The normalized spacial score (nSPS) is 9.95. The highest BCUT2D eigenvalue weighted by atomic mass is 16.6. The van der Waals surface area contributed by atoms with Crippen molar-refractivity contribution >= 4 is 11.7 Å². The van der Waals surface area contributed by atoms with Gasteiger partial charge in [-0.3, -0.25) is 0 Å². The first-order valence-electron chi connectivity index (χ1n) is 5.82. The number of nitrogens with one attached hydrogen (secondary N) is 1. The molecule has 19 heavy (non-hydrogen) atoms. The van der Waals surface area contributed by atoms with Gasteiger partial charge in [0, 0.05) is 17.8 Å². The smallest absolute Gasteiger partial charge is 0.343 e. The first-order chi connectivity index (χ1) is 9.28. The Bertz CT molecular complexity index is 505. The van der Waals surface area contributed by atoms with E-state index in [2.05, 4.69) is 10.1 Å². The van der Waals surface area contributed by atoms with Crippen molar-refractivity contribution in [3.05, 3.63) is 48.4 Å². The second-order valence-electron chi connectivity index (χ2n) is 3.87. The predicted octanol–water partition coefficient (Wildman–Crippen LogP) is 2.44. The van der Waals surface area contributed by atoms with Crippen LogP contribution in [0.15, 0.2) is 47.3 Å². The van der Waals surface area contributed by atoms with Crippen molar-refractivity contribution in [3.63, 3.8) is 0 Å². The Kier molecular flexibility index (Phi) is 4.44. The standard InChI is InChI=1S/C14H15NO4/c1-17-14(16)10-19-13-4-2-12(3-5-13)15-8-11-6-7-18-9-11/h2-7,9,15H,8,10H2,1H3. The zero-order chi connectivity index (χ0) is 13.5. The molecular weight excluding hydrogens is 246 g/mol. The summed E-state index contributed by atoms with van der Waals surface area (Å²) >= 11 is 0. The molecule has 0 saturated carbocycles. The van der Waals surface area contributed by atoms with Crippen LogP contribution in [0.5, 0.6) is 5.75 Å². The van der Waals surface area contributed by atoms with Gasteiger partial charge in [0.1, 0.15) is 5.75 Å². The molecular formula is C14H15NO4. The van der Waals surface area contributed by atoms with Gasteiger partial charge >= 0.3 is 5.97 Å². The summed E-state index contributed by atoms with van der Waals surface area (Å²) in [6.07, 6.45) is 3.33. The van der Waals surface area contributed by atoms with Crippen molar-refractivity contribution in [1.82, 2.24) is 0 Å². The number of anilines is 1. The number of furan rings is 1. The quantitative estimate of drug-likeness (QED) is 0.809. The van der Waals surface area contributed by atoms with Gasteiger partial charge in [-0.25, -0.2) is 4.79 Å². The van der Waals surface area contributed by atoms with E-state index in [1.807, 2.05) is 18.2 Å². The van der Waals surface area contributed by atoms with E-state index >= 15 is 0 Å². The van der Waals surface area contributed by atoms with E-state index in [-0.39, 0.29) is 6.61 Å². The molecule has 0 fully saturated rings. The summed E-state index contributed by atoms with van der Waals surface area (Å²) in [6, 6.07) is 9.25. The van der Waals surface area contributed by atoms with Crippen LogP contribution in [0.1, 0.15) is 5.56 Å². The number of rotatable bonds is 6. The van der Waals surface area contributed by atoms with Crippen LogP contribution in [-0.2, 0) is 16.1 Å². The number of ether oxygens (including phenoxy) is 2. The highest BCUT2D eigenvalue weighted by Crippen LogP contribution is 2.16. The minimum atomic E-state index is -0.401. The van der Waals surface area contributed by atoms with Crippen molar-refractivity contribution in [3.8, 4) is 5.75 Å². The fraction of sp³-hybridized carbons (Fsp3) is 0.214. The van der Waals surface area contributed by atoms with Gasteiger partial charge in [0.05, 0.1) is 19.6 Å². The van der Waals surface area contributed by atoms with Crippen molar-refractivity contribution in [1.29, 1.82) is 0 Å². The van der Waals surface area contributed by atoms with Gasteiger partial charge in [-0.2, -0.15) is 0 Å². The molecule has 0 spiro atoms. The van der Waals surface area contributed by atoms with Gasteiger partial charge in [0.25, 0.3) is 0 Å². The average molecular weight is 261 g/mol. The van der Waals surface area contributed by atoms with Crippen molar-refractivity contribution in [2.24, 2.45) is 0 Å². The lowest BCUT2D eigenvalue weighted by Crippen LogP contribution is -2.12. The lowest BCUT2D eigenvalue weighted by molar-refractivity contribution is -0.142. The lowest BCUT2D eigenvalue weighted by atomic mass is 10.3. The van der Waals surface area contributed by atoms with E-state index in [1.165, 1.54) is 7.11 Å². The molecule has 0 aliphatic rings. The number of hydrogen-bond donors (Lipinski definition) is 1. The fourth-order valence-electron chi connectivity index (χ4n) is 1.47. The summed E-state index contributed by atoms with van der Waals surface area (Å²) < 4.78 is 14.7. The van der Waals surface area contributed by atoms with Crippen LogP contribution in [0.25, 0.3) is 0 Å². The maximum absolute atomic E-state index is 10.9. The summed E-state index contributed by atoms with van der Waals surface area (Å²) in [4.78, 5) is 10.9. The molecule has 2 aromatic rings. The Morgan fingerprint density at radius 3 is 2.68 bits per heavy atom. The molecule has 0 aliphatic carbocycles. The van der Waals surface area contributed by atoms with Crippen molar-refractivity contribution < 1.29 is 18.7 Å². The number of benzene rings is 1. The minimum Gasteiger partial charge on any atom is -0.482 e.